The van der Waals surface area contributed by atoms with Gasteiger partial charge in [-0.1, -0.05) is 36.4 Å². The Balaban J connectivity index is 2.42. The van der Waals surface area contributed by atoms with Crippen LogP contribution >= 0.6 is 0 Å². The number of nitrogens with zero attached hydrogens (tertiary/aromatic N) is 2. The predicted octanol–water partition coefficient (Wildman–Crippen LogP) is 3.31. The van der Waals surface area contributed by atoms with Gasteiger partial charge in [-0.25, -0.2) is 9.59 Å². The minimum atomic E-state index is -0.702. The van der Waals surface area contributed by atoms with Gasteiger partial charge >= 0.3 is 11.9 Å². The molecule has 2 heterocycles. The fraction of sp³-hybridized carbons (Fsp3) is 0.261. The molecule has 3 rings (SSSR count). The van der Waals surface area contributed by atoms with Gasteiger partial charge in [-0.05, 0) is 19.4 Å². The average Bonchev–Trinajstić information content (AvgIpc) is 3.03. The molecular weight excluding hydrogens is 384 g/mol. The third-order valence-electron chi connectivity index (χ3n) is 4.92. The Labute approximate surface area is 174 Å². The highest BCUT2D eigenvalue weighted by molar-refractivity contribution is 6.05. The summed E-state index contributed by atoms with van der Waals surface area (Å²) >= 11 is 0. The summed E-state index contributed by atoms with van der Waals surface area (Å²) in [5.74, 6) is -1.25. The number of aromatic nitrogens is 2. The molecule has 30 heavy (non-hydrogen) atoms. The van der Waals surface area contributed by atoms with E-state index in [1.54, 1.807) is 29.1 Å². The van der Waals surface area contributed by atoms with Crippen LogP contribution in [0.25, 0.3) is 11.0 Å². The summed E-state index contributed by atoms with van der Waals surface area (Å²) in [6.45, 7) is 7.99. The van der Waals surface area contributed by atoms with Crippen molar-refractivity contribution in [1.82, 2.24) is 9.13 Å². The Hall–Kier alpha value is -3.61. The highest BCUT2D eigenvalue weighted by atomic mass is 16.5. The molecule has 0 atom stereocenters. The quantitative estimate of drug-likeness (QED) is 0.443. The zero-order chi connectivity index (χ0) is 21.8. The zero-order valence-corrected chi connectivity index (χ0v) is 17.3. The van der Waals surface area contributed by atoms with E-state index in [0.29, 0.717) is 24.3 Å². The van der Waals surface area contributed by atoms with Gasteiger partial charge in [0, 0.05) is 25.0 Å². The first-order chi connectivity index (χ1) is 14.4. The lowest BCUT2D eigenvalue weighted by molar-refractivity contribution is 0.0523. The minimum Gasteiger partial charge on any atom is -0.465 e. The van der Waals surface area contributed by atoms with Crippen LogP contribution in [0, 0.1) is 6.92 Å². The van der Waals surface area contributed by atoms with Gasteiger partial charge in [0.15, 0.2) is 0 Å². The molecule has 0 N–H and O–H groups in total. The second-order valence-corrected chi connectivity index (χ2v) is 6.75. The minimum absolute atomic E-state index is 0.0885. The van der Waals surface area contributed by atoms with Crippen molar-refractivity contribution in [2.24, 2.45) is 0 Å². The third kappa shape index (κ3) is 3.66. The number of ether oxygens (including phenoxy) is 2. The van der Waals surface area contributed by atoms with Crippen LogP contribution in [0.1, 0.15) is 38.9 Å². The van der Waals surface area contributed by atoms with Crippen LogP contribution in [0.3, 0.4) is 0 Å². The standard InChI is InChI=1S/C23H24N2O5/c1-5-12-24-14-17(22(27)30-6-2)21(26)20-19(24)18(23(28)29-4)15(3)25(20)13-16-10-8-7-9-11-16/h5,7-11,14H,1,6,12-13H2,2-4H3. The Morgan fingerprint density at radius 2 is 1.83 bits per heavy atom. The predicted molar refractivity (Wildman–Crippen MR) is 114 cm³/mol. The smallest absolute Gasteiger partial charge is 0.343 e. The molecule has 0 fully saturated rings. The molecular formula is C23H24N2O5. The molecule has 0 unspecified atom stereocenters. The highest BCUT2D eigenvalue weighted by Gasteiger charge is 2.28. The number of rotatable bonds is 7. The number of fused-ring (bicyclic) bond motifs is 1. The summed E-state index contributed by atoms with van der Waals surface area (Å²) in [4.78, 5) is 38.5. The fourth-order valence-corrected chi connectivity index (χ4v) is 3.58. The van der Waals surface area contributed by atoms with Gasteiger partial charge in [0.05, 0.1) is 19.2 Å². The summed E-state index contributed by atoms with van der Waals surface area (Å²) in [5.41, 5.74) is 1.91. The van der Waals surface area contributed by atoms with Crippen LogP contribution < -0.4 is 5.43 Å². The molecule has 2 aromatic heterocycles. The normalized spacial score (nSPS) is 10.8. The monoisotopic (exact) mass is 408 g/mol. The molecule has 0 aliphatic rings. The molecule has 0 radical (unpaired) electrons. The number of benzene rings is 1. The van der Waals surface area contributed by atoms with E-state index in [1.165, 1.54) is 13.3 Å². The van der Waals surface area contributed by atoms with Crippen molar-refractivity contribution in [3.05, 3.63) is 81.8 Å². The second-order valence-electron chi connectivity index (χ2n) is 6.75. The van der Waals surface area contributed by atoms with Gasteiger partial charge in [-0.2, -0.15) is 0 Å². The molecule has 156 valence electrons. The van der Waals surface area contributed by atoms with Crippen molar-refractivity contribution >= 4 is 23.0 Å². The lowest BCUT2D eigenvalue weighted by Crippen LogP contribution is -2.22. The first-order valence-electron chi connectivity index (χ1n) is 9.61. The summed E-state index contributed by atoms with van der Waals surface area (Å²) in [6.07, 6.45) is 3.05. The van der Waals surface area contributed by atoms with Crippen LogP contribution in [0.15, 0.2) is 54.0 Å². The van der Waals surface area contributed by atoms with Gasteiger partial charge in [0.1, 0.15) is 16.6 Å². The van der Waals surface area contributed by atoms with Crippen molar-refractivity contribution in [3.8, 4) is 0 Å². The van der Waals surface area contributed by atoms with Gasteiger partial charge in [-0.3, -0.25) is 4.79 Å². The van der Waals surface area contributed by atoms with Crippen molar-refractivity contribution in [1.29, 1.82) is 0 Å². The molecule has 1 aromatic carbocycles. The highest BCUT2D eigenvalue weighted by Crippen LogP contribution is 2.27. The van der Waals surface area contributed by atoms with E-state index in [9.17, 15) is 14.4 Å². The number of esters is 2. The van der Waals surface area contributed by atoms with E-state index >= 15 is 0 Å². The average molecular weight is 408 g/mol. The molecule has 0 aliphatic heterocycles. The topological polar surface area (TPSA) is 79.5 Å². The summed E-state index contributed by atoms with van der Waals surface area (Å²) in [7, 11) is 1.30. The van der Waals surface area contributed by atoms with E-state index in [2.05, 4.69) is 6.58 Å². The Kier molecular flexibility index (Phi) is 6.20. The SMILES string of the molecule is C=CCn1cc(C(=O)OCC)c(=O)c2c1c(C(=O)OC)c(C)n2Cc1ccccc1. The van der Waals surface area contributed by atoms with E-state index in [0.717, 1.165) is 5.56 Å². The summed E-state index contributed by atoms with van der Waals surface area (Å²) < 4.78 is 13.5. The second kappa shape index (κ2) is 8.82. The molecule has 3 aromatic rings. The Morgan fingerprint density at radius 1 is 1.13 bits per heavy atom. The van der Waals surface area contributed by atoms with E-state index < -0.39 is 17.4 Å². The van der Waals surface area contributed by atoms with E-state index in [1.807, 2.05) is 30.3 Å². The van der Waals surface area contributed by atoms with Gasteiger partial charge < -0.3 is 18.6 Å². The van der Waals surface area contributed by atoms with Crippen LogP contribution in [0.4, 0.5) is 0 Å². The number of methoxy groups -OCH3 is 1. The van der Waals surface area contributed by atoms with E-state index in [-0.39, 0.29) is 23.3 Å². The number of carbonyl (C=O) groups excluding carboxylic acids is 2. The number of hydrogen-bond acceptors (Lipinski definition) is 5. The zero-order valence-electron chi connectivity index (χ0n) is 17.3. The van der Waals surface area contributed by atoms with Crippen LogP contribution in [0.5, 0.6) is 0 Å². The van der Waals surface area contributed by atoms with Crippen LogP contribution in [-0.4, -0.2) is 34.8 Å². The summed E-state index contributed by atoms with van der Waals surface area (Å²) in [6, 6.07) is 9.57. The lowest BCUT2D eigenvalue weighted by Gasteiger charge is -2.12. The first kappa shape index (κ1) is 21.1. The maximum atomic E-state index is 13.4. The van der Waals surface area contributed by atoms with Crippen molar-refractivity contribution in [3.63, 3.8) is 0 Å². The molecule has 0 amide bonds. The maximum Gasteiger partial charge on any atom is 0.343 e. The van der Waals surface area contributed by atoms with Gasteiger partial charge in [0.2, 0.25) is 5.43 Å². The number of allylic oxidation sites excluding steroid dienone is 1. The summed E-state index contributed by atoms with van der Waals surface area (Å²) in [5, 5.41) is 0. The number of hydrogen-bond donors (Lipinski definition) is 0. The van der Waals surface area contributed by atoms with Crippen LogP contribution in [0.2, 0.25) is 0 Å². The number of pyridine rings is 1. The van der Waals surface area contributed by atoms with Crippen LogP contribution in [-0.2, 0) is 22.6 Å². The van der Waals surface area contributed by atoms with E-state index in [4.69, 9.17) is 9.47 Å². The number of carbonyl (C=O) groups is 2. The Morgan fingerprint density at radius 3 is 2.43 bits per heavy atom. The molecule has 0 spiro atoms. The van der Waals surface area contributed by atoms with Gasteiger partial charge in [0.25, 0.3) is 0 Å². The van der Waals surface area contributed by atoms with Gasteiger partial charge in [-0.15, -0.1) is 6.58 Å². The molecule has 0 saturated carbocycles. The molecule has 7 heteroatoms. The van der Waals surface area contributed by atoms with Crippen molar-refractivity contribution in [2.45, 2.75) is 26.9 Å². The lowest BCUT2D eigenvalue weighted by atomic mass is 10.1. The molecule has 0 aliphatic carbocycles. The largest absolute Gasteiger partial charge is 0.465 e. The molecule has 0 bridgehead atoms. The fourth-order valence-electron chi connectivity index (χ4n) is 3.58. The molecule has 0 saturated heterocycles. The van der Waals surface area contributed by atoms with Crippen molar-refractivity contribution in [2.75, 3.05) is 13.7 Å². The molecule has 7 nitrogen and oxygen atoms in total. The first-order valence-corrected chi connectivity index (χ1v) is 9.61. The third-order valence-corrected chi connectivity index (χ3v) is 4.92. The Bertz CT molecular complexity index is 1170. The van der Waals surface area contributed by atoms with Crippen molar-refractivity contribution < 1.29 is 19.1 Å². The maximum absolute atomic E-state index is 13.4.